The Morgan fingerprint density at radius 1 is 1.00 bits per heavy atom. The minimum absolute atomic E-state index is 0.406. The predicted octanol–water partition coefficient (Wildman–Crippen LogP) is 4.20. The van der Waals surface area contributed by atoms with Gasteiger partial charge in [-0.2, -0.15) is 0 Å². The van der Waals surface area contributed by atoms with E-state index in [1.165, 1.54) is 22.3 Å². The number of benzene rings is 2. The van der Waals surface area contributed by atoms with Gasteiger partial charge in [-0.15, -0.1) is 0 Å². The summed E-state index contributed by atoms with van der Waals surface area (Å²) in [6, 6.07) is 17.7. The largest absolute Gasteiger partial charge is 0.310 e. The van der Waals surface area contributed by atoms with Gasteiger partial charge in [-0.1, -0.05) is 54.1 Å². The highest BCUT2D eigenvalue weighted by Gasteiger charge is 2.07. The van der Waals surface area contributed by atoms with E-state index in [2.05, 4.69) is 74.6 Å². The molecule has 1 unspecified atom stereocenters. The molecule has 19 heavy (non-hydrogen) atoms. The van der Waals surface area contributed by atoms with Gasteiger partial charge in [-0.25, -0.2) is 0 Å². The van der Waals surface area contributed by atoms with E-state index >= 15 is 0 Å². The number of hydrogen-bond acceptors (Lipinski definition) is 1. The van der Waals surface area contributed by atoms with Crippen molar-refractivity contribution in [2.24, 2.45) is 0 Å². The fraction of sp³-hybridized carbons (Fsp3) is 0.333. The molecule has 2 aromatic rings. The molecule has 0 heterocycles. The Kier molecular flexibility index (Phi) is 4.75. The second-order valence-corrected chi connectivity index (χ2v) is 5.27. The van der Waals surface area contributed by atoms with Gasteiger partial charge >= 0.3 is 0 Å². The second-order valence-electron chi connectivity index (χ2n) is 5.27. The van der Waals surface area contributed by atoms with E-state index < -0.39 is 0 Å². The molecule has 0 aromatic heterocycles. The SMILES string of the molecule is Cc1ccc(C)c(C(C)NCCc2ccccc2)c1. The molecule has 0 aliphatic rings. The van der Waals surface area contributed by atoms with Crippen LogP contribution in [0.5, 0.6) is 0 Å². The van der Waals surface area contributed by atoms with Crippen LogP contribution in [0.4, 0.5) is 0 Å². The van der Waals surface area contributed by atoms with Crippen molar-refractivity contribution in [3.05, 3.63) is 70.8 Å². The van der Waals surface area contributed by atoms with Gasteiger partial charge in [-0.05, 0) is 50.4 Å². The maximum Gasteiger partial charge on any atom is 0.0294 e. The first-order chi connectivity index (χ1) is 9.16. The Morgan fingerprint density at radius 2 is 1.74 bits per heavy atom. The number of nitrogens with one attached hydrogen (secondary N) is 1. The van der Waals surface area contributed by atoms with Gasteiger partial charge in [-0.3, -0.25) is 0 Å². The highest BCUT2D eigenvalue weighted by atomic mass is 14.9. The normalized spacial score (nSPS) is 12.4. The van der Waals surface area contributed by atoms with Gasteiger partial charge in [0.15, 0.2) is 0 Å². The van der Waals surface area contributed by atoms with E-state index in [1.807, 2.05) is 0 Å². The molecule has 0 saturated carbocycles. The number of rotatable bonds is 5. The fourth-order valence-electron chi connectivity index (χ4n) is 2.41. The number of hydrogen-bond donors (Lipinski definition) is 1. The minimum Gasteiger partial charge on any atom is -0.310 e. The lowest BCUT2D eigenvalue weighted by Crippen LogP contribution is -2.22. The fourth-order valence-corrected chi connectivity index (χ4v) is 2.41. The first-order valence-corrected chi connectivity index (χ1v) is 7.01. The van der Waals surface area contributed by atoms with Crippen molar-refractivity contribution in [3.63, 3.8) is 0 Å². The van der Waals surface area contributed by atoms with Crippen LogP contribution >= 0.6 is 0 Å². The molecule has 0 saturated heterocycles. The van der Waals surface area contributed by atoms with Crippen LogP contribution < -0.4 is 5.32 Å². The van der Waals surface area contributed by atoms with Crippen LogP contribution in [0.3, 0.4) is 0 Å². The molecule has 1 nitrogen and oxygen atoms in total. The molecular weight excluding hydrogens is 230 g/mol. The summed E-state index contributed by atoms with van der Waals surface area (Å²) in [7, 11) is 0. The van der Waals surface area contributed by atoms with E-state index in [0.29, 0.717) is 6.04 Å². The molecule has 0 fully saturated rings. The van der Waals surface area contributed by atoms with E-state index in [1.54, 1.807) is 0 Å². The lowest BCUT2D eigenvalue weighted by molar-refractivity contribution is 0.574. The topological polar surface area (TPSA) is 12.0 Å². The highest BCUT2D eigenvalue weighted by Crippen LogP contribution is 2.18. The van der Waals surface area contributed by atoms with Gasteiger partial charge < -0.3 is 5.32 Å². The average molecular weight is 253 g/mol. The van der Waals surface area contributed by atoms with Crippen LogP contribution in [0.2, 0.25) is 0 Å². The van der Waals surface area contributed by atoms with Gasteiger partial charge in [0.05, 0.1) is 0 Å². The third kappa shape index (κ3) is 3.93. The minimum atomic E-state index is 0.406. The Labute approximate surface area is 116 Å². The van der Waals surface area contributed by atoms with E-state index in [-0.39, 0.29) is 0 Å². The average Bonchev–Trinajstić information content (AvgIpc) is 2.42. The molecule has 100 valence electrons. The lowest BCUT2D eigenvalue weighted by atomic mass is 10.00. The summed E-state index contributed by atoms with van der Waals surface area (Å²) < 4.78 is 0. The Morgan fingerprint density at radius 3 is 2.47 bits per heavy atom. The summed E-state index contributed by atoms with van der Waals surface area (Å²) >= 11 is 0. The van der Waals surface area contributed by atoms with Gasteiger partial charge in [0, 0.05) is 6.04 Å². The molecule has 0 aliphatic heterocycles. The first kappa shape index (κ1) is 13.8. The van der Waals surface area contributed by atoms with Gasteiger partial charge in [0.25, 0.3) is 0 Å². The van der Waals surface area contributed by atoms with E-state index in [9.17, 15) is 0 Å². The third-order valence-electron chi connectivity index (χ3n) is 3.61. The van der Waals surface area contributed by atoms with Crippen molar-refractivity contribution in [3.8, 4) is 0 Å². The second kappa shape index (κ2) is 6.53. The van der Waals surface area contributed by atoms with Crippen LogP contribution in [-0.4, -0.2) is 6.54 Å². The summed E-state index contributed by atoms with van der Waals surface area (Å²) in [6.07, 6.45) is 1.08. The quantitative estimate of drug-likeness (QED) is 0.842. The molecule has 2 rings (SSSR count). The molecule has 0 aliphatic carbocycles. The van der Waals surface area contributed by atoms with E-state index in [0.717, 1.165) is 13.0 Å². The van der Waals surface area contributed by atoms with Crippen LogP contribution in [0.15, 0.2) is 48.5 Å². The Balaban J connectivity index is 1.91. The standard InChI is InChI=1S/C18H23N/c1-14-9-10-15(2)18(13-14)16(3)19-12-11-17-7-5-4-6-8-17/h4-10,13,16,19H,11-12H2,1-3H3. The highest BCUT2D eigenvalue weighted by molar-refractivity contribution is 5.32. The van der Waals surface area contributed by atoms with Crippen LogP contribution in [0, 0.1) is 13.8 Å². The summed E-state index contributed by atoms with van der Waals surface area (Å²) in [5.74, 6) is 0. The zero-order chi connectivity index (χ0) is 13.7. The molecule has 0 radical (unpaired) electrons. The summed E-state index contributed by atoms with van der Waals surface area (Å²) in [5.41, 5.74) is 5.50. The van der Waals surface area contributed by atoms with Gasteiger partial charge in [0.2, 0.25) is 0 Å². The van der Waals surface area contributed by atoms with Crippen molar-refractivity contribution < 1.29 is 0 Å². The number of aryl methyl sites for hydroxylation is 2. The lowest BCUT2D eigenvalue weighted by Gasteiger charge is -2.17. The molecular formula is C18H23N. The molecule has 0 spiro atoms. The Hall–Kier alpha value is -1.60. The third-order valence-corrected chi connectivity index (χ3v) is 3.61. The zero-order valence-corrected chi connectivity index (χ0v) is 12.1. The van der Waals surface area contributed by atoms with Crippen LogP contribution in [0.1, 0.15) is 35.2 Å². The molecule has 0 amide bonds. The summed E-state index contributed by atoms with van der Waals surface area (Å²) in [5, 5.41) is 3.62. The summed E-state index contributed by atoms with van der Waals surface area (Å²) in [4.78, 5) is 0. The van der Waals surface area contributed by atoms with Crippen molar-refractivity contribution >= 4 is 0 Å². The molecule has 0 bridgehead atoms. The van der Waals surface area contributed by atoms with Gasteiger partial charge in [0.1, 0.15) is 0 Å². The molecule has 1 atom stereocenters. The van der Waals surface area contributed by atoms with Crippen LogP contribution in [-0.2, 0) is 6.42 Å². The van der Waals surface area contributed by atoms with Crippen molar-refractivity contribution in [1.29, 1.82) is 0 Å². The zero-order valence-electron chi connectivity index (χ0n) is 12.1. The van der Waals surface area contributed by atoms with Crippen molar-refractivity contribution in [2.45, 2.75) is 33.2 Å². The van der Waals surface area contributed by atoms with E-state index in [4.69, 9.17) is 0 Å². The maximum atomic E-state index is 3.62. The smallest absolute Gasteiger partial charge is 0.0294 e. The maximum absolute atomic E-state index is 3.62. The van der Waals surface area contributed by atoms with Crippen molar-refractivity contribution in [1.82, 2.24) is 5.32 Å². The van der Waals surface area contributed by atoms with Crippen LogP contribution in [0.25, 0.3) is 0 Å². The van der Waals surface area contributed by atoms with Crippen molar-refractivity contribution in [2.75, 3.05) is 6.54 Å². The Bertz CT molecular complexity index is 516. The molecule has 2 aromatic carbocycles. The predicted molar refractivity (Wildman–Crippen MR) is 82.5 cm³/mol. The molecule has 1 heteroatoms. The molecule has 1 N–H and O–H groups in total. The first-order valence-electron chi connectivity index (χ1n) is 7.01. The summed E-state index contributed by atoms with van der Waals surface area (Å²) in [6.45, 7) is 7.59. The monoisotopic (exact) mass is 253 g/mol.